The summed E-state index contributed by atoms with van der Waals surface area (Å²) in [4.78, 5) is 14.8. The number of halogens is 1. The lowest BCUT2D eigenvalue weighted by atomic mass is 10.2. The van der Waals surface area contributed by atoms with Gasteiger partial charge in [-0.2, -0.15) is 0 Å². The highest BCUT2D eigenvalue weighted by molar-refractivity contribution is 9.10. The molecular formula is C8H7BrN2O2. The second-order valence-corrected chi connectivity index (χ2v) is 3.41. The molecule has 1 aromatic heterocycles. The first-order valence-corrected chi connectivity index (χ1v) is 4.61. The Labute approximate surface area is 83.4 Å². The number of carbonyl (C=O) groups excluding carboxylic acids is 1. The van der Waals surface area contributed by atoms with E-state index >= 15 is 0 Å². The maximum atomic E-state index is 10.8. The van der Waals surface area contributed by atoms with E-state index in [2.05, 4.69) is 26.2 Å². The van der Waals surface area contributed by atoms with Gasteiger partial charge in [-0.25, -0.2) is 9.78 Å². The van der Waals surface area contributed by atoms with Crippen molar-refractivity contribution in [1.82, 2.24) is 10.3 Å². The standard InChI is InChI=1S/C8H7BrN2O2/c9-7-5(2-1-3-10-7)6-4-11-8(12)13-6/h1-3,6H,4H2,(H,11,12). The number of amides is 1. The highest BCUT2D eigenvalue weighted by atomic mass is 79.9. The van der Waals surface area contributed by atoms with Gasteiger partial charge in [0.15, 0.2) is 0 Å². The fraction of sp³-hybridized carbons (Fsp3) is 0.250. The van der Waals surface area contributed by atoms with Gasteiger partial charge in [0.05, 0.1) is 6.54 Å². The Morgan fingerprint density at radius 2 is 2.54 bits per heavy atom. The summed E-state index contributed by atoms with van der Waals surface area (Å²) in [5.74, 6) is 0. The van der Waals surface area contributed by atoms with Crippen LogP contribution in [0.2, 0.25) is 0 Å². The van der Waals surface area contributed by atoms with E-state index in [-0.39, 0.29) is 12.2 Å². The van der Waals surface area contributed by atoms with Crippen LogP contribution in [0.3, 0.4) is 0 Å². The SMILES string of the molecule is O=C1NCC(c2cccnc2Br)O1. The van der Waals surface area contributed by atoms with Crippen LogP contribution in [-0.4, -0.2) is 17.6 Å². The number of pyridine rings is 1. The Bertz CT molecular complexity index is 343. The normalized spacial score (nSPS) is 21.0. The Balaban J connectivity index is 2.26. The van der Waals surface area contributed by atoms with E-state index in [1.54, 1.807) is 6.20 Å². The van der Waals surface area contributed by atoms with Gasteiger partial charge >= 0.3 is 6.09 Å². The van der Waals surface area contributed by atoms with Gasteiger partial charge in [0.25, 0.3) is 0 Å². The number of alkyl carbamates (subject to hydrolysis) is 1. The predicted octanol–water partition coefficient (Wildman–Crippen LogP) is 1.62. The average Bonchev–Trinajstić information content (AvgIpc) is 2.53. The number of nitrogens with one attached hydrogen (secondary N) is 1. The summed E-state index contributed by atoms with van der Waals surface area (Å²) in [6.45, 7) is 0.503. The first kappa shape index (κ1) is 8.50. The van der Waals surface area contributed by atoms with Crippen molar-refractivity contribution in [3.05, 3.63) is 28.5 Å². The van der Waals surface area contributed by atoms with Crippen LogP contribution < -0.4 is 5.32 Å². The summed E-state index contributed by atoms with van der Waals surface area (Å²) >= 11 is 3.30. The average molecular weight is 243 g/mol. The number of nitrogens with zero attached hydrogens (tertiary/aromatic N) is 1. The molecule has 1 atom stereocenters. The lowest BCUT2D eigenvalue weighted by Crippen LogP contribution is -2.12. The van der Waals surface area contributed by atoms with Crippen LogP contribution in [0.5, 0.6) is 0 Å². The molecule has 5 heteroatoms. The van der Waals surface area contributed by atoms with Gasteiger partial charge < -0.3 is 10.1 Å². The summed E-state index contributed by atoms with van der Waals surface area (Å²) in [6, 6.07) is 3.69. The Morgan fingerprint density at radius 3 is 3.15 bits per heavy atom. The fourth-order valence-corrected chi connectivity index (χ4v) is 1.71. The largest absolute Gasteiger partial charge is 0.439 e. The molecule has 0 radical (unpaired) electrons. The topological polar surface area (TPSA) is 51.2 Å². The van der Waals surface area contributed by atoms with Gasteiger partial charge in [0.2, 0.25) is 0 Å². The lowest BCUT2D eigenvalue weighted by molar-refractivity contribution is 0.140. The maximum Gasteiger partial charge on any atom is 0.407 e. The molecule has 1 saturated heterocycles. The first-order valence-electron chi connectivity index (χ1n) is 3.82. The van der Waals surface area contributed by atoms with Crippen LogP contribution >= 0.6 is 15.9 Å². The summed E-state index contributed by atoms with van der Waals surface area (Å²) in [6.07, 6.45) is 1.08. The van der Waals surface area contributed by atoms with Gasteiger partial charge in [0, 0.05) is 11.8 Å². The first-order chi connectivity index (χ1) is 6.27. The van der Waals surface area contributed by atoms with Crippen LogP contribution in [0, 0.1) is 0 Å². The van der Waals surface area contributed by atoms with Crippen molar-refractivity contribution in [3.8, 4) is 0 Å². The molecule has 0 bridgehead atoms. The third-order valence-corrected chi connectivity index (χ3v) is 2.48. The van der Waals surface area contributed by atoms with Crippen LogP contribution in [0.1, 0.15) is 11.7 Å². The minimum absolute atomic E-state index is 0.226. The van der Waals surface area contributed by atoms with Crippen LogP contribution in [-0.2, 0) is 4.74 Å². The predicted molar refractivity (Wildman–Crippen MR) is 49.2 cm³/mol. The van der Waals surface area contributed by atoms with E-state index in [9.17, 15) is 4.79 Å². The number of hydrogen-bond acceptors (Lipinski definition) is 3. The lowest BCUT2D eigenvalue weighted by Gasteiger charge is -2.08. The zero-order chi connectivity index (χ0) is 9.26. The quantitative estimate of drug-likeness (QED) is 0.762. The van der Waals surface area contributed by atoms with E-state index in [1.165, 1.54) is 0 Å². The summed E-state index contributed by atoms with van der Waals surface area (Å²) in [5.41, 5.74) is 0.890. The minimum Gasteiger partial charge on any atom is -0.439 e. The Kier molecular flexibility index (Phi) is 2.18. The van der Waals surface area contributed by atoms with Crippen molar-refractivity contribution < 1.29 is 9.53 Å². The molecule has 13 heavy (non-hydrogen) atoms. The Morgan fingerprint density at radius 1 is 1.69 bits per heavy atom. The third kappa shape index (κ3) is 1.65. The third-order valence-electron chi connectivity index (χ3n) is 1.82. The number of carbonyl (C=O) groups is 1. The molecule has 1 aliphatic heterocycles. The highest BCUT2D eigenvalue weighted by Gasteiger charge is 2.25. The van der Waals surface area contributed by atoms with E-state index in [4.69, 9.17) is 4.74 Å². The summed E-state index contributed by atoms with van der Waals surface area (Å²) in [5, 5.41) is 2.59. The maximum absolute atomic E-state index is 10.8. The van der Waals surface area contributed by atoms with Crippen molar-refractivity contribution in [2.45, 2.75) is 6.10 Å². The second-order valence-electron chi connectivity index (χ2n) is 2.66. The van der Waals surface area contributed by atoms with Gasteiger partial charge in [0.1, 0.15) is 10.7 Å². The molecule has 1 fully saturated rings. The molecule has 0 aromatic carbocycles. The van der Waals surface area contributed by atoms with E-state index in [1.807, 2.05) is 12.1 Å². The summed E-state index contributed by atoms with van der Waals surface area (Å²) < 4.78 is 5.73. The number of cyclic esters (lactones) is 1. The van der Waals surface area contributed by atoms with E-state index in [0.717, 1.165) is 10.2 Å². The van der Waals surface area contributed by atoms with Crippen molar-refractivity contribution >= 4 is 22.0 Å². The van der Waals surface area contributed by atoms with Crippen molar-refractivity contribution in [2.24, 2.45) is 0 Å². The van der Waals surface area contributed by atoms with Crippen molar-refractivity contribution in [3.63, 3.8) is 0 Å². The molecule has 2 heterocycles. The number of hydrogen-bond donors (Lipinski definition) is 1. The van der Waals surface area contributed by atoms with E-state index < -0.39 is 0 Å². The fourth-order valence-electron chi connectivity index (χ4n) is 1.20. The molecule has 1 N–H and O–H groups in total. The monoisotopic (exact) mass is 242 g/mol. The van der Waals surface area contributed by atoms with Crippen LogP contribution in [0.25, 0.3) is 0 Å². The van der Waals surface area contributed by atoms with E-state index in [0.29, 0.717) is 6.54 Å². The van der Waals surface area contributed by atoms with Gasteiger partial charge in [-0.15, -0.1) is 0 Å². The molecule has 0 aliphatic carbocycles. The molecule has 4 nitrogen and oxygen atoms in total. The zero-order valence-corrected chi connectivity index (χ0v) is 8.24. The molecule has 1 aromatic rings. The highest BCUT2D eigenvalue weighted by Crippen LogP contribution is 2.25. The molecule has 1 unspecified atom stereocenters. The smallest absolute Gasteiger partial charge is 0.407 e. The molecule has 68 valence electrons. The number of rotatable bonds is 1. The molecule has 1 amide bonds. The van der Waals surface area contributed by atoms with Gasteiger partial charge in [-0.1, -0.05) is 6.07 Å². The zero-order valence-electron chi connectivity index (χ0n) is 6.66. The van der Waals surface area contributed by atoms with Crippen molar-refractivity contribution in [1.29, 1.82) is 0 Å². The van der Waals surface area contributed by atoms with Crippen LogP contribution in [0.15, 0.2) is 22.9 Å². The number of ether oxygens (including phenoxy) is 1. The molecule has 2 rings (SSSR count). The minimum atomic E-state index is -0.374. The summed E-state index contributed by atoms with van der Waals surface area (Å²) in [7, 11) is 0. The number of aromatic nitrogens is 1. The van der Waals surface area contributed by atoms with Gasteiger partial charge in [-0.05, 0) is 22.0 Å². The van der Waals surface area contributed by atoms with Gasteiger partial charge in [-0.3, -0.25) is 0 Å². The molecular weight excluding hydrogens is 236 g/mol. The molecule has 1 aliphatic rings. The van der Waals surface area contributed by atoms with Crippen molar-refractivity contribution in [2.75, 3.05) is 6.54 Å². The Hall–Kier alpha value is -1.10. The molecule has 0 spiro atoms. The van der Waals surface area contributed by atoms with Crippen LogP contribution in [0.4, 0.5) is 4.79 Å². The second kappa shape index (κ2) is 3.33. The molecule has 0 saturated carbocycles.